The number of hydrogen-bond acceptors (Lipinski definition) is 3. The van der Waals surface area contributed by atoms with Crippen LogP contribution in [0.4, 0.5) is 33.3 Å². The molecular formula is C23H21F5N2O. The average molecular weight is 436 g/mol. The molecule has 0 radical (unpaired) electrons. The Morgan fingerprint density at radius 2 is 1.45 bits per heavy atom. The first-order valence-corrected chi connectivity index (χ1v) is 9.39. The summed E-state index contributed by atoms with van der Waals surface area (Å²) in [7, 11) is 3.84. The summed E-state index contributed by atoms with van der Waals surface area (Å²) in [4.78, 5) is 1.95. The second-order valence-electron chi connectivity index (χ2n) is 7.15. The van der Waals surface area contributed by atoms with Gasteiger partial charge in [0.05, 0.1) is 0 Å². The van der Waals surface area contributed by atoms with E-state index in [9.17, 15) is 22.0 Å². The van der Waals surface area contributed by atoms with Crippen LogP contribution in [0, 0.1) is 0 Å². The van der Waals surface area contributed by atoms with Crippen molar-refractivity contribution in [1.29, 1.82) is 0 Å². The summed E-state index contributed by atoms with van der Waals surface area (Å²) in [5.41, 5.74) is 0.820. The summed E-state index contributed by atoms with van der Waals surface area (Å²) in [6.07, 6.45) is -5.64. The first-order valence-electron chi connectivity index (χ1n) is 9.39. The summed E-state index contributed by atoms with van der Waals surface area (Å²) >= 11 is 0. The molecule has 0 unspecified atom stereocenters. The molecular weight excluding hydrogens is 415 g/mol. The summed E-state index contributed by atoms with van der Waals surface area (Å²) < 4.78 is 70.9. The Balaban J connectivity index is 1.70. The van der Waals surface area contributed by atoms with Crippen LogP contribution in [0.1, 0.15) is 11.1 Å². The highest BCUT2D eigenvalue weighted by Crippen LogP contribution is 2.43. The Morgan fingerprint density at radius 3 is 2.13 bits per heavy atom. The van der Waals surface area contributed by atoms with Crippen LogP contribution >= 0.6 is 0 Å². The average Bonchev–Trinajstić information content (AvgIpc) is 2.72. The summed E-state index contributed by atoms with van der Waals surface area (Å²) in [6.45, 7) is 0.0708. The van der Waals surface area contributed by atoms with Crippen LogP contribution in [0.2, 0.25) is 0 Å². The van der Waals surface area contributed by atoms with Gasteiger partial charge in [-0.3, -0.25) is 0 Å². The molecule has 3 aromatic carbocycles. The maximum Gasteiger partial charge on any atom is 0.458 e. The second kappa shape index (κ2) is 8.83. The van der Waals surface area contributed by atoms with E-state index < -0.39 is 17.7 Å². The largest absolute Gasteiger partial charge is 0.458 e. The van der Waals surface area contributed by atoms with E-state index in [1.807, 2.05) is 43.3 Å². The topological polar surface area (TPSA) is 24.5 Å². The Hall–Kier alpha value is -3.29. The predicted octanol–water partition coefficient (Wildman–Crippen LogP) is 6.81. The van der Waals surface area contributed by atoms with Crippen molar-refractivity contribution in [3.63, 3.8) is 0 Å². The lowest BCUT2D eigenvalue weighted by molar-refractivity contribution is -0.289. The number of benzene rings is 3. The number of ether oxygens (including phenoxy) is 1. The van der Waals surface area contributed by atoms with Gasteiger partial charge < -0.3 is 15.0 Å². The molecule has 0 aliphatic carbocycles. The highest BCUT2D eigenvalue weighted by atomic mass is 19.4. The van der Waals surface area contributed by atoms with Gasteiger partial charge in [-0.15, -0.1) is 0 Å². The van der Waals surface area contributed by atoms with E-state index >= 15 is 0 Å². The number of alkyl halides is 5. The number of nitrogens with one attached hydrogen (secondary N) is 1. The van der Waals surface area contributed by atoms with Crippen LogP contribution in [0.25, 0.3) is 0 Å². The van der Waals surface area contributed by atoms with Gasteiger partial charge in [0, 0.05) is 49.7 Å². The molecule has 0 amide bonds. The minimum Gasteiger partial charge on any atom is -0.457 e. The molecule has 0 saturated carbocycles. The molecule has 0 atom stereocenters. The first kappa shape index (κ1) is 22.4. The highest BCUT2D eigenvalue weighted by molar-refractivity contribution is 5.52. The van der Waals surface area contributed by atoms with Crippen LogP contribution in [-0.4, -0.2) is 20.3 Å². The molecule has 0 saturated heterocycles. The molecule has 8 heteroatoms. The van der Waals surface area contributed by atoms with Crippen molar-refractivity contribution in [2.45, 2.75) is 18.6 Å². The zero-order chi connectivity index (χ0) is 22.6. The van der Waals surface area contributed by atoms with E-state index in [1.54, 1.807) is 24.3 Å². The predicted molar refractivity (Wildman–Crippen MR) is 111 cm³/mol. The van der Waals surface area contributed by atoms with Crippen molar-refractivity contribution in [1.82, 2.24) is 0 Å². The van der Waals surface area contributed by atoms with Gasteiger partial charge in [-0.2, -0.15) is 22.0 Å². The van der Waals surface area contributed by atoms with Gasteiger partial charge in [0.15, 0.2) is 0 Å². The minimum absolute atomic E-state index is 0.0708. The Bertz CT molecular complexity index is 1030. The first-order chi connectivity index (χ1) is 14.6. The van der Waals surface area contributed by atoms with E-state index in [-0.39, 0.29) is 6.54 Å². The van der Waals surface area contributed by atoms with Crippen LogP contribution in [0.15, 0.2) is 72.8 Å². The number of rotatable bonds is 7. The third-order valence-electron chi connectivity index (χ3n) is 4.55. The molecule has 3 nitrogen and oxygen atoms in total. The zero-order valence-corrected chi connectivity index (χ0v) is 16.9. The monoisotopic (exact) mass is 436 g/mol. The van der Waals surface area contributed by atoms with Crippen molar-refractivity contribution in [2.24, 2.45) is 0 Å². The molecule has 0 aromatic heterocycles. The molecule has 1 N–H and O–H groups in total. The zero-order valence-electron chi connectivity index (χ0n) is 16.9. The molecule has 164 valence electrons. The van der Waals surface area contributed by atoms with E-state index in [1.165, 1.54) is 12.1 Å². The van der Waals surface area contributed by atoms with Gasteiger partial charge in [-0.1, -0.05) is 30.3 Å². The third kappa shape index (κ3) is 5.45. The number of anilines is 2. The Kier molecular flexibility index (Phi) is 6.38. The summed E-state index contributed by atoms with van der Waals surface area (Å²) in [5, 5.41) is 3.02. The van der Waals surface area contributed by atoms with Crippen molar-refractivity contribution in [3.05, 3.63) is 83.9 Å². The van der Waals surface area contributed by atoms with Gasteiger partial charge >= 0.3 is 12.1 Å². The molecule has 0 aliphatic heterocycles. The molecule has 0 bridgehead atoms. The van der Waals surface area contributed by atoms with Gasteiger partial charge in [-0.05, 0) is 35.9 Å². The maximum absolute atomic E-state index is 13.6. The van der Waals surface area contributed by atoms with E-state index in [0.29, 0.717) is 22.7 Å². The van der Waals surface area contributed by atoms with E-state index in [2.05, 4.69) is 5.32 Å². The number of hydrogen-bond donors (Lipinski definition) is 1. The van der Waals surface area contributed by atoms with Crippen molar-refractivity contribution in [3.8, 4) is 11.5 Å². The highest BCUT2D eigenvalue weighted by Gasteiger charge is 2.58. The van der Waals surface area contributed by atoms with Gasteiger partial charge in [0.25, 0.3) is 0 Å². The van der Waals surface area contributed by atoms with Crippen LogP contribution in [0.3, 0.4) is 0 Å². The van der Waals surface area contributed by atoms with Crippen LogP contribution < -0.4 is 15.0 Å². The fourth-order valence-electron chi connectivity index (χ4n) is 2.88. The standard InChI is InChI=1S/C23H21F5N2O/c1-30(2)19-9-5-11-21(14-19)31-20-10-4-8-18(13-20)29-15-16-6-3-7-17(12-16)22(24,25)23(26,27)28/h3-14,29H,15H2,1-2H3. The molecule has 3 rings (SSSR count). The van der Waals surface area contributed by atoms with Crippen molar-refractivity contribution < 1.29 is 26.7 Å². The normalized spacial score (nSPS) is 11.8. The fourth-order valence-corrected chi connectivity index (χ4v) is 2.88. The second-order valence-corrected chi connectivity index (χ2v) is 7.15. The van der Waals surface area contributed by atoms with Gasteiger partial charge in [-0.25, -0.2) is 0 Å². The molecule has 0 fully saturated rings. The third-order valence-corrected chi connectivity index (χ3v) is 4.55. The summed E-state index contributed by atoms with van der Waals surface area (Å²) in [5.74, 6) is -3.71. The van der Waals surface area contributed by atoms with E-state index in [0.717, 1.165) is 17.8 Å². The van der Waals surface area contributed by atoms with Crippen molar-refractivity contribution >= 4 is 11.4 Å². The lowest BCUT2D eigenvalue weighted by atomic mass is 10.0. The SMILES string of the molecule is CN(C)c1cccc(Oc2cccc(NCc3cccc(C(F)(F)C(F)(F)F)c3)c2)c1. The van der Waals surface area contributed by atoms with Crippen molar-refractivity contribution in [2.75, 3.05) is 24.3 Å². The van der Waals surface area contributed by atoms with Crippen LogP contribution in [0.5, 0.6) is 11.5 Å². The Labute approximate surface area is 177 Å². The molecule has 3 aromatic rings. The molecule has 0 spiro atoms. The van der Waals surface area contributed by atoms with E-state index in [4.69, 9.17) is 4.74 Å². The Morgan fingerprint density at radius 1 is 0.806 bits per heavy atom. The maximum atomic E-state index is 13.6. The number of nitrogens with zero attached hydrogens (tertiary/aromatic N) is 1. The summed E-state index contributed by atoms with van der Waals surface area (Å²) in [6, 6.07) is 18.8. The van der Waals surface area contributed by atoms with Gasteiger partial charge in [0.2, 0.25) is 0 Å². The minimum atomic E-state index is -5.64. The molecule has 0 aliphatic rings. The van der Waals surface area contributed by atoms with Crippen LogP contribution in [-0.2, 0) is 12.5 Å². The smallest absolute Gasteiger partial charge is 0.457 e. The quantitative estimate of drug-likeness (QED) is 0.412. The molecule has 31 heavy (non-hydrogen) atoms. The lowest BCUT2D eigenvalue weighted by Gasteiger charge is -2.20. The fraction of sp³-hybridized carbons (Fsp3) is 0.217. The number of halogens is 5. The van der Waals surface area contributed by atoms with Gasteiger partial charge in [0.1, 0.15) is 11.5 Å². The molecule has 0 heterocycles. The lowest BCUT2D eigenvalue weighted by Crippen LogP contribution is -2.33.